The zero-order valence-electron chi connectivity index (χ0n) is 11.1. The van der Waals surface area contributed by atoms with Crippen molar-refractivity contribution in [3.8, 4) is 0 Å². The van der Waals surface area contributed by atoms with Gasteiger partial charge in [0.05, 0.1) is 5.69 Å². The van der Waals surface area contributed by atoms with Crippen molar-refractivity contribution in [2.45, 2.75) is 19.5 Å². The van der Waals surface area contributed by atoms with Crippen LogP contribution in [0.5, 0.6) is 0 Å². The fourth-order valence-electron chi connectivity index (χ4n) is 2.09. The molecule has 0 saturated carbocycles. The largest absolute Gasteiger partial charge is 0.305 e. The summed E-state index contributed by atoms with van der Waals surface area (Å²) in [4.78, 5) is 16.5. The molecule has 102 valence electrons. The minimum Gasteiger partial charge on any atom is -0.305 e. The first-order valence-corrected chi connectivity index (χ1v) is 7.41. The SMILES string of the molecule is CC(NCc1cc(=O)n2ccccc2n1)c1ccsc1. The van der Waals surface area contributed by atoms with Crippen molar-refractivity contribution in [1.29, 1.82) is 0 Å². The average molecular weight is 285 g/mol. The summed E-state index contributed by atoms with van der Waals surface area (Å²) in [5, 5.41) is 7.58. The molecule has 4 nitrogen and oxygen atoms in total. The first kappa shape index (κ1) is 13.0. The van der Waals surface area contributed by atoms with E-state index in [0.29, 0.717) is 12.2 Å². The van der Waals surface area contributed by atoms with Crippen LogP contribution in [0.25, 0.3) is 5.65 Å². The number of hydrogen-bond acceptors (Lipinski definition) is 4. The van der Waals surface area contributed by atoms with Gasteiger partial charge in [-0.15, -0.1) is 0 Å². The minimum atomic E-state index is -0.0458. The van der Waals surface area contributed by atoms with Gasteiger partial charge in [-0.2, -0.15) is 11.3 Å². The van der Waals surface area contributed by atoms with E-state index >= 15 is 0 Å². The Morgan fingerprint density at radius 2 is 2.30 bits per heavy atom. The molecule has 0 aliphatic heterocycles. The number of thiophene rings is 1. The number of nitrogens with zero attached hydrogens (tertiary/aromatic N) is 2. The molecule has 0 radical (unpaired) electrons. The van der Waals surface area contributed by atoms with Crippen LogP contribution in [0, 0.1) is 0 Å². The Hall–Kier alpha value is -1.98. The normalized spacial score (nSPS) is 12.7. The molecule has 0 spiro atoms. The summed E-state index contributed by atoms with van der Waals surface area (Å²) in [5.74, 6) is 0. The molecule has 20 heavy (non-hydrogen) atoms. The smallest absolute Gasteiger partial charge is 0.258 e. The molecule has 0 aliphatic carbocycles. The third-order valence-corrected chi connectivity index (χ3v) is 3.96. The first-order valence-electron chi connectivity index (χ1n) is 6.47. The van der Waals surface area contributed by atoms with E-state index in [9.17, 15) is 4.79 Å². The quantitative estimate of drug-likeness (QED) is 0.801. The predicted octanol–water partition coefficient (Wildman–Crippen LogP) is 2.61. The second-order valence-electron chi connectivity index (χ2n) is 4.67. The minimum absolute atomic E-state index is 0.0458. The standard InChI is InChI=1S/C15H15N3OS/c1-11(12-5-7-20-10-12)16-9-13-8-15(19)18-6-3-2-4-14(18)17-13/h2-8,10-11,16H,9H2,1H3. The van der Waals surface area contributed by atoms with Crippen molar-refractivity contribution in [1.82, 2.24) is 14.7 Å². The number of fused-ring (bicyclic) bond motifs is 1. The van der Waals surface area contributed by atoms with Gasteiger partial charge in [0.2, 0.25) is 0 Å². The Morgan fingerprint density at radius 3 is 3.10 bits per heavy atom. The van der Waals surface area contributed by atoms with E-state index in [-0.39, 0.29) is 11.6 Å². The second kappa shape index (κ2) is 5.56. The summed E-state index contributed by atoms with van der Waals surface area (Å²) in [6.45, 7) is 2.69. The van der Waals surface area contributed by atoms with Crippen LogP contribution in [0.1, 0.15) is 24.2 Å². The number of hydrogen-bond donors (Lipinski definition) is 1. The zero-order chi connectivity index (χ0) is 13.9. The molecule has 0 saturated heterocycles. The summed E-state index contributed by atoms with van der Waals surface area (Å²) < 4.78 is 1.55. The van der Waals surface area contributed by atoms with Gasteiger partial charge in [-0.25, -0.2) is 4.98 Å². The van der Waals surface area contributed by atoms with Crippen LogP contribution in [0.15, 0.2) is 52.1 Å². The third kappa shape index (κ3) is 2.64. The van der Waals surface area contributed by atoms with Crippen LogP contribution in [0.2, 0.25) is 0 Å². The molecular formula is C15H15N3OS. The van der Waals surface area contributed by atoms with Gasteiger partial charge in [-0.1, -0.05) is 6.07 Å². The van der Waals surface area contributed by atoms with Crippen LogP contribution in [0.4, 0.5) is 0 Å². The van der Waals surface area contributed by atoms with Gasteiger partial charge in [0.25, 0.3) is 5.56 Å². The highest BCUT2D eigenvalue weighted by atomic mass is 32.1. The Morgan fingerprint density at radius 1 is 1.40 bits per heavy atom. The Bertz CT molecular complexity index is 764. The first-order chi connectivity index (χ1) is 9.74. The average Bonchev–Trinajstić information content (AvgIpc) is 2.99. The summed E-state index contributed by atoms with van der Waals surface area (Å²) in [6.07, 6.45) is 1.73. The maximum Gasteiger partial charge on any atom is 0.258 e. The molecule has 3 aromatic rings. The Balaban J connectivity index is 1.80. The molecule has 1 N–H and O–H groups in total. The molecule has 0 bridgehead atoms. The lowest BCUT2D eigenvalue weighted by atomic mass is 10.2. The Labute approximate surface area is 120 Å². The molecule has 3 heterocycles. The summed E-state index contributed by atoms with van der Waals surface area (Å²) in [5.41, 5.74) is 2.66. The van der Waals surface area contributed by atoms with Gasteiger partial charge in [0, 0.05) is 24.8 Å². The third-order valence-electron chi connectivity index (χ3n) is 3.26. The van der Waals surface area contributed by atoms with Crippen LogP contribution in [0.3, 0.4) is 0 Å². The van der Waals surface area contributed by atoms with Crippen LogP contribution < -0.4 is 10.9 Å². The maximum atomic E-state index is 12.0. The molecule has 3 rings (SSSR count). The van der Waals surface area contributed by atoms with Gasteiger partial charge in [0.15, 0.2) is 0 Å². The predicted molar refractivity (Wildman–Crippen MR) is 81.0 cm³/mol. The van der Waals surface area contributed by atoms with E-state index in [2.05, 4.69) is 34.1 Å². The number of nitrogens with one attached hydrogen (secondary N) is 1. The van der Waals surface area contributed by atoms with E-state index in [1.54, 1.807) is 28.0 Å². The van der Waals surface area contributed by atoms with Gasteiger partial charge in [-0.3, -0.25) is 9.20 Å². The van der Waals surface area contributed by atoms with Crippen LogP contribution in [-0.4, -0.2) is 9.38 Å². The van der Waals surface area contributed by atoms with E-state index in [1.165, 1.54) is 5.56 Å². The topological polar surface area (TPSA) is 46.4 Å². The summed E-state index contributed by atoms with van der Waals surface area (Å²) in [7, 11) is 0. The summed E-state index contributed by atoms with van der Waals surface area (Å²) in [6, 6.07) is 9.48. The molecule has 0 aromatic carbocycles. The monoisotopic (exact) mass is 285 g/mol. The van der Waals surface area contributed by atoms with Crippen molar-refractivity contribution in [2.24, 2.45) is 0 Å². The fourth-order valence-corrected chi connectivity index (χ4v) is 2.84. The molecular weight excluding hydrogens is 270 g/mol. The molecule has 1 unspecified atom stereocenters. The molecule has 0 amide bonds. The van der Waals surface area contributed by atoms with E-state index in [1.807, 2.05) is 18.2 Å². The lowest BCUT2D eigenvalue weighted by Gasteiger charge is -2.12. The van der Waals surface area contributed by atoms with E-state index in [4.69, 9.17) is 0 Å². The van der Waals surface area contributed by atoms with Crippen LogP contribution in [-0.2, 0) is 6.54 Å². The molecule has 0 aliphatic rings. The maximum absolute atomic E-state index is 12.0. The number of aromatic nitrogens is 2. The highest BCUT2D eigenvalue weighted by Crippen LogP contribution is 2.15. The lowest BCUT2D eigenvalue weighted by Crippen LogP contribution is -2.21. The zero-order valence-corrected chi connectivity index (χ0v) is 11.9. The number of pyridine rings is 1. The van der Waals surface area contributed by atoms with Crippen molar-refractivity contribution < 1.29 is 0 Å². The van der Waals surface area contributed by atoms with Gasteiger partial charge >= 0.3 is 0 Å². The molecule has 1 atom stereocenters. The van der Waals surface area contributed by atoms with Crippen molar-refractivity contribution >= 4 is 17.0 Å². The molecule has 3 aromatic heterocycles. The van der Waals surface area contributed by atoms with E-state index in [0.717, 1.165) is 5.69 Å². The molecule has 5 heteroatoms. The lowest BCUT2D eigenvalue weighted by molar-refractivity contribution is 0.569. The van der Waals surface area contributed by atoms with Crippen molar-refractivity contribution in [2.75, 3.05) is 0 Å². The highest BCUT2D eigenvalue weighted by molar-refractivity contribution is 7.07. The Kier molecular flexibility index (Phi) is 3.62. The number of rotatable bonds is 4. The van der Waals surface area contributed by atoms with Crippen molar-refractivity contribution in [3.63, 3.8) is 0 Å². The second-order valence-corrected chi connectivity index (χ2v) is 5.45. The van der Waals surface area contributed by atoms with Crippen LogP contribution >= 0.6 is 11.3 Å². The van der Waals surface area contributed by atoms with Gasteiger partial charge in [-0.05, 0) is 41.4 Å². The summed E-state index contributed by atoms with van der Waals surface area (Å²) >= 11 is 1.68. The van der Waals surface area contributed by atoms with Crippen molar-refractivity contribution in [3.05, 3.63) is 68.9 Å². The van der Waals surface area contributed by atoms with Gasteiger partial charge < -0.3 is 5.32 Å². The highest BCUT2D eigenvalue weighted by Gasteiger charge is 2.07. The van der Waals surface area contributed by atoms with Gasteiger partial charge in [0.1, 0.15) is 5.65 Å². The van der Waals surface area contributed by atoms with E-state index < -0.39 is 0 Å². The fraction of sp³-hybridized carbons (Fsp3) is 0.200. The molecule has 0 fully saturated rings.